The van der Waals surface area contributed by atoms with E-state index in [1.807, 2.05) is 0 Å². The lowest BCUT2D eigenvalue weighted by Gasteiger charge is -2.14. The van der Waals surface area contributed by atoms with Crippen molar-refractivity contribution in [2.24, 2.45) is 5.73 Å². The molecule has 0 radical (unpaired) electrons. The van der Waals surface area contributed by atoms with Gasteiger partial charge in [0.15, 0.2) is 0 Å². The Bertz CT molecular complexity index is 320. The Morgan fingerprint density at radius 3 is 2.69 bits per heavy atom. The molecule has 0 saturated heterocycles. The number of aromatic hydroxyl groups is 1. The summed E-state index contributed by atoms with van der Waals surface area (Å²) in [5.74, 6) is 0.837. The van der Waals surface area contributed by atoms with Gasteiger partial charge >= 0.3 is 0 Å². The summed E-state index contributed by atoms with van der Waals surface area (Å²) in [5.41, 5.74) is 6.53. The highest BCUT2D eigenvalue weighted by molar-refractivity contribution is 5.85. The zero-order chi connectivity index (χ0) is 11.3. The van der Waals surface area contributed by atoms with Gasteiger partial charge in [-0.15, -0.1) is 12.4 Å². The Kier molecular flexibility index (Phi) is 6.88. The minimum atomic E-state index is -0.271. The third-order valence-electron chi connectivity index (χ3n) is 2.31. The molecule has 0 aromatic heterocycles. The van der Waals surface area contributed by atoms with E-state index in [0.29, 0.717) is 24.2 Å². The van der Waals surface area contributed by atoms with Crippen LogP contribution in [0.3, 0.4) is 0 Å². The van der Waals surface area contributed by atoms with Gasteiger partial charge in [0.25, 0.3) is 0 Å². The van der Waals surface area contributed by atoms with Gasteiger partial charge in [-0.25, -0.2) is 0 Å². The number of hydrogen-bond acceptors (Lipinski definition) is 4. The molecule has 0 aliphatic carbocycles. The van der Waals surface area contributed by atoms with Gasteiger partial charge in [0.05, 0.1) is 7.11 Å². The van der Waals surface area contributed by atoms with Gasteiger partial charge in [0.2, 0.25) is 0 Å². The quantitative estimate of drug-likeness (QED) is 0.739. The second-order valence-corrected chi connectivity index (χ2v) is 3.40. The van der Waals surface area contributed by atoms with Crippen molar-refractivity contribution < 1.29 is 14.9 Å². The van der Waals surface area contributed by atoms with Crippen LogP contribution >= 0.6 is 12.4 Å². The molecule has 0 spiro atoms. The maximum absolute atomic E-state index is 9.60. The number of aliphatic hydroxyl groups is 1. The molecular weight excluding hydrogens is 230 g/mol. The Morgan fingerprint density at radius 1 is 1.44 bits per heavy atom. The van der Waals surface area contributed by atoms with E-state index in [2.05, 4.69) is 0 Å². The van der Waals surface area contributed by atoms with Crippen molar-refractivity contribution in [1.29, 1.82) is 0 Å². The molecule has 92 valence electrons. The normalized spacial score (nSPS) is 11.7. The van der Waals surface area contributed by atoms with Crippen LogP contribution in [0.1, 0.15) is 24.4 Å². The molecule has 1 rings (SSSR count). The van der Waals surface area contributed by atoms with Gasteiger partial charge in [0.1, 0.15) is 11.5 Å². The topological polar surface area (TPSA) is 75.7 Å². The van der Waals surface area contributed by atoms with Crippen molar-refractivity contribution in [2.45, 2.75) is 18.9 Å². The number of nitrogens with two attached hydrogens (primary N) is 1. The molecule has 16 heavy (non-hydrogen) atoms. The molecule has 0 amide bonds. The summed E-state index contributed by atoms with van der Waals surface area (Å²) in [6.45, 7) is 0.110. The van der Waals surface area contributed by atoms with Gasteiger partial charge in [-0.1, -0.05) is 0 Å². The standard InChI is InChI=1S/C11H17NO3.ClH/c1-15-8-4-5-11(14)9(7-8)10(12)3-2-6-13;/h4-5,7,10,13-14H,2-3,6,12H2,1H3;1H/t10-;/m0./s1. The van der Waals surface area contributed by atoms with Crippen molar-refractivity contribution in [1.82, 2.24) is 0 Å². The van der Waals surface area contributed by atoms with Gasteiger partial charge in [0, 0.05) is 18.2 Å². The summed E-state index contributed by atoms with van der Waals surface area (Å²) in [7, 11) is 1.56. The Hall–Kier alpha value is -0.970. The summed E-state index contributed by atoms with van der Waals surface area (Å²) in [5, 5.41) is 18.3. The Balaban J connectivity index is 0.00000225. The molecule has 0 bridgehead atoms. The second kappa shape index (κ2) is 7.33. The summed E-state index contributed by atoms with van der Waals surface area (Å²) in [6.07, 6.45) is 1.26. The third kappa shape index (κ3) is 3.89. The molecule has 1 aromatic carbocycles. The molecule has 0 unspecified atom stereocenters. The van der Waals surface area contributed by atoms with Crippen LogP contribution in [0.15, 0.2) is 18.2 Å². The third-order valence-corrected chi connectivity index (χ3v) is 2.31. The van der Waals surface area contributed by atoms with Crippen LogP contribution in [0.25, 0.3) is 0 Å². The minimum Gasteiger partial charge on any atom is -0.508 e. The molecular formula is C11H18ClNO3. The number of rotatable bonds is 5. The van der Waals surface area contributed by atoms with Crippen LogP contribution < -0.4 is 10.5 Å². The van der Waals surface area contributed by atoms with Crippen LogP contribution in [0, 0.1) is 0 Å². The van der Waals surface area contributed by atoms with Crippen molar-refractivity contribution in [3.05, 3.63) is 23.8 Å². The summed E-state index contributed by atoms with van der Waals surface area (Å²) in [4.78, 5) is 0. The van der Waals surface area contributed by atoms with Crippen LogP contribution in [0.4, 0.5) is 0 Å². The molecule has 0 aliphatic heterocycles. The fourth-order valence-electron chi connectivity index (χ4n) is 1.42. The lowest BCUT2D eigenvalue weighted by atomic mass is 10.0. The van der Waals surface area contributed by atoms with Crippen molar-refractivity contribution >= 4 is 12.4 Å². The van der Waals surface area contributed by atoms with E-state index >= 15 is 0 Å². The van der Waals surface area contributed by atoms with Crippen molar-refractivity contribution in [3.8, 4) is 11.5 Å². The molecule has 0 heterocycles. The number of halogens is 1. The highest BCUT2D eigenvalue weighted by Crippen LogP contribution is 2.29. The van der Waals surface area contributed by atoms with Crippen molar-refractivity contribution in [3.63, 3.8) is 0 Å². The van der Waals surface area contributed by atoms with E-state index in [0.717, 1.165) is 0 Å². The molecule has 0 aliphatic rings. The number of ether oxygens (including phenoxy) is 1. The number of phenolic OH excluding ortho intramolecular Hbond substituents is 1. The van der Waals surface area contributed by atoms with Gasteiger partial charge in [-0.3, -0.25) is 0 Å². The molecule has 0 fully saturated rings. The second-order valence-electron chi connectivity index (χ2n) is 3.40. The lowest BCUT2D eigenvalue weighted by Crippen LogP contribution is -2.11. The molecule has 1 aromatic rings. The number of aliphatic hydroxyl groups excluding tert-OH is 1. The first-order chi connectivity index (χ1) is 7.19. The van der Waals surface area contributed by atoms with Crippen LogP contribution in [0.5, 0.6) is 11.5 Å². The largest absolute Gasteiger partial charge is 0.508 e. The summed E-state index contributed by atoms with van der Waals surface area (Å²) < 4.78 is 5.05. The highest BCUT2D eigenvalue weighted by atomic mass is 35.5. The molecule has 5 heteroatoms. The minimum absolute atomic E-state index is 0. The smallest absolute Gasteiger partial charge is 0.120 e. The first kappa shape index (κ1) is 15.0. The van der Waals surface area contributed by atoms with E-state index in [1.165, 1.54) is 0 Å². The van der Waals surface area contributed by atoms with Gasteiger partial charge in [-0.05, 0) is 31.0 Å². The fourth-order valence-corrected chi connectivity index (χ4v) is 1.42. The van der Waals surface area contributed by atoms with E-state index in [-0.39, 0.29) is 30.8 Å². The Morgan fingerprint density at radius 2 is 2.12 bits per heavy atom. The zero-order valence-electron chi connectivity index (χ0n) is 9.22. The summed E-state index contributed by atoms with van der Waals surface area (Å²) >= 11 is 0. The first-order valence-corrected chi connectivity index (χ1v) is 4.92. The number of methoxy groups -OCH3 is 1. The number of hydrogen-bond donors (Lipinski definition) is 3. The molecule has 4 nitrogen and oxygen atoms in total. The van der Waals surface area contributed by atoms with Gasteiger partial charge < -0.3 is 20.7 Å². The van der Waals surface area contributed by atoms with E-state index in [9.17, 15) is 5.11 Å². The predicted molar refractivity (Wildman–Crippen MR) is 65.2 cm³/mol. The van der Waals surface area contributed by atoms with Crippen LogP contribution in [-0.2, 0) is 0 Å². The monoisotopic (exact) mass is 247 g/mol. The van der Waals surface area contributed by atoms with E-state index < -0.39 is 0 Å². The number of phenols is 1. The van der Waals surface area contributed by atoms with Crippen molar-refractivity contribution in [2.75, 3.05) is 13.7 Å². The molecule has 0 saturated carbocycles. The van der Waals surface area contributed by atoms with E-state index in [4.69, 9.17) is 15.6 Å². The SMILES string of the molecule is COc1ccc(O)c([C@@H](N)CCCO)c1.Cl. The molecule has 1 atom stereocenters. The average Bonchev–Trinajstić information content (AvgIpc) is 2.26. The zero-order valence-corrected chi connectivity index (χ0v) is 10.0. The predicted octanol–water partition coefficient (Wildman–Crippen LogP) is 1.59. The van der Waals surface area contributed by atoms with Gasteiger partial charge in [-0.2, -0.15) is 0 Å². The maximum atomic E-state index is 9.60. The summed E-state index contributed by atoms with van der Waals surface area (Å²) in [6, 6.07) is 4.69. The number of benzene rings is 1. The fraction of sp³-hybridized carbons (Fsp3) is 0.455. The average molecular weight is 248 g/mol. The van der Waals surface area contributed by atoms with E-state index in [1.54, 1.807) is 25.3 Å². The van der Waals surface area contributed by atoms with Crippen LogP contribution in [-0.4, -0.2) is 23.9 Å². The maximum Gasteiger partial charge on any atom is 0.120 e. The Labute approximate surface area is 101 Å². The first-order valence-electron chi connectivity index (χ1n) is 4.92. The van der Waals surface area contributed by atoms with Crippen LogP contribution in [0.2, 0.25) is 0 Å². The lowest BCUT2D eigenvalue weighted by molar-refractivity contribution is 0.279. The highest BCUT2D eigenvalue weighted by Gasteiger charge is 2.11. The molecule has 4 N–H and O–H groups in total.